The summed E-state index contributed by atoms with van der Waals surface area (Å²) >= 11 is 0. The van der Waals surface area contributed by atoms with Crippen molar-refractivity contribution in [1.29, 1.82) is 0 Å². The van der Waals surface area contributed by atoms with Crippen LogP contribution < -0.4 is 0 Å². The minimum absolute atomic E-state index is 0. The molecule has 0 aromatic carbocycles. The zero-order valence-electron chi connectivity index (χ0n) is 2.34. The molecule has 0 fully saturated rings. The molecule has 0 amide bonds. The predicted octanol–water partition coefficient (Wildman–Crippen LogP) is -0.391. The van der Waals surface area contributed by atoms with Crippen molar-refractivity contribution in [1.82, 2.24) is 0 Å². The van der Waals surface area contributed by atoms with Gasteiger partial charge >= 0.3 is 0 Å². The first-order valence-corrected chi connectivity index (χ1v) is 0. The third-order valence-electron chi connectivity index (χ3n) is 0. The third-order valence-corrected chi connectivity index (χ3v) is 0. The average Bonchev–Trinajstić information content (AvgIpc) is 0. The smallest absolute Gasteiger partial charge is 0 e. The van der Waals surface area contributed by atoms with Gasteiger partial charge in [0.05, 0.1) is 0 Å². The van der Waals surface area contributed by atoms with Crippen LogP contribution in [0.25, 0.3) is 0 Å². The second-order valence-corrected chi connectivity index (χ2v) is 0. The summed E-state index contributed by atoms with van der Waals surface area (Å²) in [5.74, 6) is 0. The molecule has 0 N–H and O–H groups in total. The number of hydrogen-bond acceptors (Lipinski definition) is 0. The molecule has 0 unspecified atom stereocenters. The van der Waals surface area contributed by atoms with Gasteiger partial charge in [-0.1, -0.05) is 0 Å². The topological polar surface area (TPSA) is 0 Å². The monoisotopic (exact) mass is 237 g/mol. The zero-order chi connectivity index (χ0) is 0. The molecule has 37 valence electrons. The van der Waals surface area contributed by atoms with E-state index in [0.717, 1.165) is 0 Å². The first kappa shape index (κ1) is 48.8. The van der Waals surface area contributed by atoms with E-state index in [1.807, 2.05) is 0 Å². The summed E-state index contributed by atoms with van der Waals surface area (Å²) in [5, 5.41) is 0. The summed E-state index contributed by atoms with van der Waals surface area (Å²) in [6.45, 7) is 0. The Balaban J connectivity index is 0. The predicted molar refractivity (Wildman–Crippen MR) is 5.75 cm³/mol. The molecule has 0 aromatic heterocycles. The van der Waals surface area contributed by atoms with E-state index in [1.54, 1.807) is 0 Å². The van der Waals surface area contributed by atoms with Crippen molar-refractivity contribution in [3.05, 3.63) is 0 Å². The van der Waals surface area contributed by atoms with Gasteiger partial charge in [0.1, 0.15) is 0 Å². The minimum Gasteiger partial charge on any atom is 0 e. The van der Waals surface area contributed by atoms with E-state index in [4.69, 9.17) is 0 Å². The molecule has 0 aromatic rings. The Labute approximate surface area is 84.7 Å². The molecule has 3 radical (unpaired) electrons. The molecule has 0 heterocycles. The molecule has 0 saturated carbocycles. The standard InChI is InChI=1S/Co.Li.Mn.2Ni. The van der Waals surface area contributed by atoms with Crippen molar-refractivity contribution < 1.29 is 66.8 Å². The Kier molecular flexibility index (Phi) is 298. The molecule has 5 heavy (non-hydrogen) atoms. The quantitative estimate of drug-likeness (QED) is 0.504. The van der Waals surface area contributed by atoms with E-state index in [-0.39, 0.29) is 85.7 Å². The molecule has 0 aliphatic heterocycles. The number of rotatable bonds is 0. The number of hydrogen-bond donors (Lipinski definition) is 0. The molecule has 0 nitrogen and oxygen atoms in total. The summed E-state index contributed by atoms with van der Waals surface area (Å²) in [5.41, 5.74) is 0. The molecule has 0 bridgehead atoms. The van der Waals surface area contributed by atoms with Crippen LogP contribution in [0, 0.1) is 0 Å². The van der Waals surface area contributed by atoms with E-state index in [0.29, 0.717) is 0 Å². The summed E-state index contributed by atoms with van der Waals surface area (Å²) in [4.78, 5) is 0. The van der Waals surface area contributed by atoms with E-state index in [2.05, 4.69) is 0 Å². The summed E-state index contributed by atoms with van der Waals surface area (Å²) in [7, 11) is 0. The van der Waals surface area contributed by atoms with Gasteiger partial charge in [-0.15, -0.1) is 0 Å². The van der Waals surface area contributed by atoms with Crippen molar-refractivity contribution in [2.24, 2.45) is 0 Å². The Morgan fingerprint density at radius 3 is 0.800 bits per heavy atom. The molecule has 0 spiro atoms. The largest absolute Gasteiger partial charge is 0 e. The van der Waals surface area contributed by atoms with Crippen LogP contribution in [-0.4, -0.2) is 18.9 Å². The Morgan fingerprint density at radius 1 is 0.800 bits per heavy atom. The Bertz CT molecular complexity index is 9.61. The van der Waals surface area contributed by atoms with E-state index < -0.39 is 0 Å². The van der Waals surface area contributed by atoms with E-state index in [1.165, 1.54) is 0 Å². The van der Waals surface area contributed by atoms with Crippen LogP contribution in [0.3, 0.4) is 0 Å². The maximum absolute atomic E-state index is 0. The van der Waals surface area contributed by atoms with Crippen molar-refractivity contribution in [3.63, 3.8) is 0 Å². The van der Waals surface area contributed by atoms with Crippen LogP contribution in [0.5, 0.6) is 0 Å². The summed E-state index contributed by atoms with van der Waals surface area (Å²) in [6, 6.07) is 0. The van der Waals surface area contributed by atoms with Crippen LogP contribution in [0.1, 0.15) is 0 Å². The van der Waals surface area contributed by atoms with Crippen molar-refractivity contribution >= 4 is 18.9 Å². The van der Waals surface area contributed by atoms with Gasteiger partial charge in [-0.2, -0.15) is 0 Å². The molecule has 0 aliphatic carbocycles. The fraction of sp³-hybridized carbons (Fsp3) is 0. The average molecular weight is 238 g/mol. The van der Waals surface area contributed by atoms with Gasteiger partial charge < -0.3 is 0 Å². The molecule has 0 atom stereocenters. The third kappa shape index (κ3) is 20.6. The van der Waals surface area contributed by atoms with Crippen molar-refractivity contribution in [2.45, 2.75) is 0 Å². The summed E-state index contributed by atoms with van der Waals surface area (Å²) < 4.78 is 0. The van der Waals surface area contributed by atoms with Crippen LogP contribution in [0.15, 0.2) is 0 Å². The first-order valence-electron chi connectivity index (χ1n) is 0. The van der Waals surface area contributed by atoms with Crippen molar-refractivity contribution in [2.75, 3.05) is 0 Å². The first-order chi connectivity index (χ1) is 0. The molecular formula is CoLiMnNi2. The van der Waals surface area contributed by atoms with Crippen molar-refractivity contribution in [3.8, 4) is 0 Å². The summed E-state index contributed by atoms with van der Waals surface area (Å²) in [6.07, 6.45) is 0. The fourth-order valence-electron chi connectivity index (χ4n) is 0. The zero-order valence-corrected chi connectivity index (χ0v) is 6.54. The Hall–Kier alpha value is 2.61. The molecule has 0 aliphatic rings. The minimum atomic E-state index is 0. The van der Waals surface area contributed by atoms with E-state index >= 15 is 0 Å². The molecule has 0 saturated heterocycles. The van der Waals surface area contributed by atoms with Gasteiger partial charge in [0.2, 0.25) is 0 Å². The van der Waals surface area contributed by atoms with Crippen LogP contribution in [-0.2, 0) is 66.8 Å². The normalized spacial score (nSPS) is 0. The van der Waals surface area contributed by atoms with Gasteiger partial charge in [0.15, 0.2) is 0 Å². The maximum atomic E-state index is 0. The second kappa shape index (κ2) is 30.5. The van der Waals surface area contributed by atoms with Gasteiger partial charge in [0.25, 0.3) is 0 Å². The van der Waals surface area contributed by atoms with Gasteiger partial charge in [-0.05, 0) is 0 Å². The molecule has 0 rings (SSSR count). The van der Waals surface area contributed by atoms with E-state index in [9.17, 15) is 0 Å². The molecular weight excluding hydrogens is 238 g/mol. The maximum Gasteiger partial charge on any atom is 0 e. The van der Waals surface area contributed by atoms with Crippen LogP contribution >= 0.6 is 0 Å². The van der Waals surface area contributed by atoms with Gasteiger partial charge in [-0.3, -0.25) is 0 Å². The SMILES string of the molecule is [Co].[Li].[Mn].[Ni].[Ni]. The van der Waals surface area contributed by atoms with Crippen LogP contribution in [0.2, 0.25) is 0 Å². The van der Waals surface area contributed by atoms with Crippen LogP contribution in [0.4, 0.5) is 0 Å². The fourth-order valence-corrected chi connectivity index (χ4v) is 0. The second-order valence-electron chi connectivity index (χ2n) is 0. The van der Waals surface area contributed by atoms with Gasteiger partial charge in [0, 0.05) is 85.7 Å². The Morgan fingerprint density at radius 2 is 0.800 bits per heavy atom. The van der Waals surface area contributed by atoms with Gasteiger partial charge in [-0.25, -0.2) is 0 Å². The molecule has 5 heteroatoms.